The van der Waals surface area contributed by atoms with E-state index in [9.17, 15) is 4.79 Å². The molecule has 0 bridgehead atoms. The molecule has 0 aliphatic heterocycles. The smallest absolute Gasteiger partial charge is 0.303 e. The first-order chi connectivity index (χ1) is 7.00. The van der Waals surface area contributed by atoms with Crippen molar-refractivity contribution >= 4 is 11.7 Å². The maximum Gasteiger partial charge on any atom is 0.303 e. The predicted octanol–water partition coefficient (Wildman–Crippen LogP) is 1.69. The second-order valence-electron chi connectivity index (χ2n) is 3.79. The summed E-state index contributed by atoms with van der Waals surface area (Å²) >= 11 is 0. The zero-order chi connectivity index (χ0) is 11.4. The van der Waals surface area contributed by atoms with Crippen molar-refractivity contribution in [1.29, 1.82) is 0 Å². The molecule has 0 radical (unpaired) electrons. The van der Waals surface area contributed by atoms with Crippen molar-refractivity contribution < 1.29 is 9.90 Å². The minimum atomic E-state index is -0.760. The predicted molar refractivity (Wildman–Crippen MR) is 58.0 cm³/mol. The Kier molecular flexibility index (Phi) is 3.71. The van der Waals surface area contributed by atoms with Crippen molar-refractivity contribution in [3.8, 4) is 0 Å². The number of aromatic amines is 1. The van der Waals surface area contributed by atoms with Gasteiger partial charge >= 0.3 is 5.97 Å². The summed E-state index contributed by atoms with van der Waals surface area (Å²) in [5, 5.41) is 18.7. The molecule has 0 saturated heterocycles. The Morgan fingerprint density at radius 1 is 1.60 bits per heavy atom. The van der Waals surface area contributed by atoms with Crippen molar-refractivity contribution in [3.05, 3.63) is 11.4 Å². The van der Waals surface area contributed by atoms with Gasteiger partial charge in [-0.05, 0) is 27.2 Å². The number of aryl methyl sites for hydroxylation is 2. The minimum absolute atomic E-state index is 0.135. The highest BCUT2D eigenvalue weighted by Gasteiger charge is 2.10. The lowest BCUT2D eigenvalue weighted by Gasteiger charge is -2.14. The Balaban J connectivity index is 2.51. The van der Waals surface area contributed by atoms with Gasteiger partial charge in [0.25, 0.3) is 0 Å². The van der Waals surface area contributed by atoms with Crippen molar-refractivity contribution in [2.75, 3.05) is 5.32 Å². The van der Waals surface area contributed by atoms with Gasteiger partial charge in [-0.1, -0.05) is 0 Å². The Morgan fingerprint density at radius 3 is 2.73 bits per heavy atom. The molecule has 5 nitrogen and oxygen atoms in total. The van der Waals surface area contributed by atoms with Crippen LogP contribution in [-0.2, 0) is 4.79 Å². The van der Waals surface area contributed by atoms with Crippen LogP contribution in [-0.4, -0.2) is 27.3 Å². The molecule has 1 heterocycles. The number of anilines is 1. The molecule has 3 N–H and O–H groups in total. The first-order valence-electron chi connectivity index (χ1n) is 5.00. The van der Waals surface area contributed by atoms with E-state index in [4.69, 9.17) is 5.11 Å². The Morgan fingerprint density at radius 2 is 2.27 bits per heavy atom. The van der Waals surface area contributed by atoms with Crippen molar-refractivity contribution in [2.24, 2.45) is 0 Å². The maximum atomic E-state index is 10.4. The van der Waals surface area contributed by atoms with E-state index in [1.165, 1.54) is 0 Å². The fourth-order valence-corrected chi connectivity index (χ4v) is 1.42. The summed E-state index contributed by atoms with van der Waals surface area (Å²) in [6, 6.07) is 0.135. The van der Waals surface area contributed by atoms with E-state index < -0.39 is 5.97 Å². The molecule has 0 amide bonds. The lowest BCUT2D eigenvalue weighted by Crippen LogP contribution is -2.17. The van der Waals surface area contributed by atoms with Gasteiger partial charge in [-0.15, -0.1) is 0 Å². The van der Waals surface area contributed by atoms with Gasteiger partial charge in [-0.3, -0.25) is 9.89 Å². The quantitative estimate of drug-likeness (QED) is 0.692. The second-order valence-corrected chi connectivity index (χ2v) is 3.79. The van der Waals surface area contributed by atoms with Crippen LogP contribution in [0.3, 0.4) is 0 Å². The van der Waals surface area contributed by atoms with Gasteiger partial charge in [0.2, 0.25) is 0 Å². The van der Waals surface area contributed by atoms with Crippen LogP contribution < -0.4 is 5.32 Å². The van der Waals surface area contributed by atoms with Crippen LogP contribution >= 0.6 is 0 Å². The molecule has 0 fully saturated rings. The molecular weight excluding hydrogens is 194 g/mol. The highest BCUT2D eigenvalue weighted by molar-refractivity contribution is 5.66. The number of carboxylic acid groups (broad SMARTS) is 1. The Labute approximate surface area is 88.9 Å². The molecule has 84 valence electrons. The maximum absolute atomic E-state index is 10.4. The molecule has 15 heavy (non-hydrogen) atoms. The largest absolute Gasteiger partial charge is 0.481 e. The molecule has 0 spiro atoms. The number of rotatable bonds is 5. The molecule has 1 aromatic heterocycles. The number of hydrogen-bond donors (Lipinski definition) is 3. The molecule has 1 aromatic rings. The summed E-state index contributed by atoms with van der Waals surface area (Å²) in [4.78, 5) is 10.4. The lowest BCUT2D eigenvalue weighted by atomic mass is 10.1. The van der Waals surface area contributed by atoms with E-state index in [2.05, 4.69) is 15.5 Å². The average Bonchev–Trinajstić information content (AvgIpc) is 2.46. The Bertz CT molecular complexity index is 327. The summed E-state index contributed by atoms with van der Waals surface area (Å²) in [5.74, 6) is -0.760. The highest BCUT2D eigenvalue weighted by Crippen LogP contribution is 2.18. The van der Waals surface area contributed by atoms with Crippen LogP contribution in [0.4, 0.5) is 5.69 Å². The number of nitrogens with zero attached hydrogens (tertiary/aromatic N) is 1. The van der Waals surface area contributed by atoms with Crippen LogP contribution in [0.1, 0.15) is 31.2 Å². The highest BCUT2D eigenvalue weighted by atomic mass is 16.4. The van der Waals surface area contributed by atoms with Gasteiger partial charge < -0.3 is 10.4 Å². The number of H-pyrrole nitrogens is 1. The molecule has 0 aromatic carbocycles. The van der Waals surface area contributed by atoms with Crippen molar-refractivity contribution in [2.45, 2.75) is 39.7 Å². The standard InChI is InChI=1S/C10H17N3O2/c1-6(4-5-9(14)15)11-10-7(2)12-13-8(10)3/h6,11H,4-5H2,1-3H3,(H,12,13)(H,14,15). The third kappa shape index (κ3) is 3.27. The van der Waals surface area contributed by atoms with E-state index >= 15 is 0 Å². The van der Waals surface area contributed by atoms with Crippen LogP contribution in [0.15, 0.2) is 0 Å². The molecular formula is C10H17N3O2. The molecule has 5 heteroatoms. The molecule has 0 aliphatic carbocycles. The fraction of sp³-hybridized carbons (Fsp3) is 0.600. The van der Waals surface area contributed by atoms with Crippen LogP contribution in [0.25, 0.3) is 0 Å². The summed E-state index contributed by atoms with van der Waals surface area (Å²) in [7, 11) is 0. The third-order valence-corrected chi connectivity index (χ3v) is 2.31. The van der Waals surface area contributed by atoms with E-state index in [0.29, 0.717) is 6.42 Å². The number of aromatic nitrogens is 2. The molecule has 0 saturated carbocycles. The summed E-state index contributed by atoms with van der Waals surface area (Å²) < 4.78 is 0. The number of nitrogens with one attached hydrogen (secondary N) is 2. The zero-order valence-electron chi connectivity index (χ0n) is 9.29. The molecule has 0 aliphatic rings. The van der Waals surface area contributed by atoms with Crippen LogP contribution in [0.5, 0.6) is 0 Å². The summed E-state index contributed by atoms with van der Waals surface area (Å²) in [6.45, 7) is 5.82. The molecule has 1 unspecified atom stereocenters. The lowest BCUT2D eigenvalue weighted by molar-refractivity contribution is -0.137. The van der Waals surface area contributed by atoms with E-state index in [1.807, 2.05) is 20.8 Å². The SMILES string of the molecule is Cc1n[nH]c(C)c1NC(C)CCC(=O)O. The van der Waals surface area contributed by atoms with E-state index in [1.54, 1.807) is 0 Å². The first kappa shape index (κ1) is 11.6. The van der Waals surface area contributed by atoms with E-state index in [-0.39, 0.29) is 12.5 Å². The van der Waals surface area contributed by atoms with Gasteiger partial charge in [-0.2, -0.15) is 5.10 Å². The zero-order valence-corrected chi connectivity index (χ0v) is 9.29. The Hall–Kier alpha value is -1.52. The van der Waals surface area contributed by atoms with Crippen molar-refractivity contribution in [1.82, 2.24) is 10.2 Å². The van der Waals surface area contributed by atoms with Gasteiger partial charge in [-0.25, -0.2) is 0 Å². The first-order valence-corrected chi connectivity index (χ1v) is 5.00. The molecule has 1 atom stereocenters. The monoisotopic (exact) mass is 211 g/mol. The number of aliphatic carboxylic acids is 1. The van der Waals surface area contributed by atoms with Gasteiger partial charge in [0.1, 0.15) is 0 Å². The number of hydrogen-bond acceptors (Lipinski definition) is 3. The topological polar surface area (TPSA) is 78.0 Å². The van der Waals surface area contributed by atoms with Gasteiger partial charge in [0, 0.05) is 12.5 Å². The fourth-order valence-electron chi connectivity index (χ4n) is 1.42. The molecule has 1 rings (SSSR count). The van der Waals surface area contributed by atoms with Crippen LogP contribution in [0.2, 0.25) is 0 Å². The summed E-state index contributed by atoms with van der Waals surface area (Å²) in [6.07, 6.45) is 0.795. The normalized spacial score (nSPS) is 12.5. The van der Waals surface area contributed by atoms with E-state index in [0.717, 1.165) is 17.1 Å². The number of carbonyl (C=O) groups is 1. The average molecular weight is 211 g/mol. The third-order valence-electron chi connectivity index (χ3n) is 2.31. The minimum Gasteiger partial charge on any atom is -0.481 e. The van der Waals surface area contributed by atoms with Crippen molar-refractivity contribution in [3.63, 3.8) is 0 Å². The summed E-state index contributed by atoms with van der Waals surface area (Å²) in [5.41, 5.74) is 2.87. The van der Waals surface area contributed by atoms with Gasteiger partial charge in [0.15, 0.2) is 0 Å². The second kappa shape index (κ2) is 4.82. The van der Waals surface area contributed by atoms with Gasteiger partial charge in [0.05, 0.1) is 17.1 Å². The van der Waals surface area contributed by atoms with Crippen LogP contribution in [0, 0.1) is 13.8 Å². The number of carboxylic acids is 1.